The number of hydrogen-bond acceptors (Lipinski definition) is 2. The van der Waals surface area contributed by atoms with E-state index in [0.29, 0.717) is 0 Å². The fourth-order valence-corrected chi connectivity index (χ4v) is 1.21. The molecule has 0 atom stereocenters. The molecular formula is C9H22N2O. The molecule has 0 bridgehead atoms. The van der Waals surface area contributed by atoms with Crippen LogP contribution in [0.2, 0.25) is 0 Å². The first kappa shape index (κ1) is 14.0. The van der Waals surface area contributed by atoms with Crippen LogP contribution >= 0.6 is 0 Å². The Kier molecular flexibility index (Phi) is 9.93. The van der Waals surface area contributed by atoms with E-state index in [1.807, 2.05) is 18.7 Å². The Balaban J connectivity index is 0. The number of carbonyl (C=O) groups excluding carboxylic acids is 1. The third kappa shape index (κ3) is 5.13. The van der Waals surface area contributed by atoms with Gasteiger partial charge in [-0.1, -0.05) is 13.8 Å². The van der Waals surface area contributed by atoms with Gasteiger partial charge in [0.15, 0.2) is 0 Å². The van der Waals surface area contributed by atoms with Crippen molar-refractivity contribution in [3.05, 3.63) is 0 Å². The molecule has 1 rings (SSSR count). The van der Waals surface area contributed by atoms with Gasteiger partial charge < -0.3 is 11.1 Å². The molecule has 0 aromatic rings. The van der Waals surface area contributed by atoms with Crippen LogP contribution in [0.15, 0.2) is 0 Å². The number of likely N-dealkylation sites (tertiary alicyclic amines) is 1. The van der Waals surface area contributed by atoms with Crippen molar-refractivity contribution >= 4 is 5.91 Å². The minimum atomic E-state index is 0. The Bertz CT molecular complexity index is 109. The highest BCUT2D eigenvalue weighted by atomic mass is 16.2. The molecule has 0 aromatic carbocycles. The van der Waals surface area contributed by atoms with Crippen molar-refractivity contribution in [3.8, 4) is 0 Å². The topological polar surface area (TPSA) is 55.3 Å². The molecule has 0 radical (unpaired) electrons. The van der Waals surface area contributed by atoms with Crippen molar-refractivity contribution in [1.29, 1.82) is 0 Å². The second kappa shape index (κ2) is 8.53. The van der Waals surface area contributed by atoms with Crippen molar-refractivity contribution in [2.24, 2.45) is 0 Å². The molecule has 3 nitrogen and oxygen atoms in total. The van der Waals surface area contributed by atoms with Crippen LogP contribution < -0.4 is 6.15 Å². The lowest BCUT2D eigenvalue weighted by molar-refractivity contribution is -0.129. The van der Waals surface area contributed by atoms with E-state index in [2.05, 4.69) is 0 Å². The van der Waals surface area contributed by atoms with Gasteiger partial charge in [-0.25, -0.2) is 0 Å². The molecule has 1 heterocycles. The van der Waals surface area contributed by atoms with Crippen molar-refractivity contribution in [2.45, 2.75) is 40.0 Å². The number of nitrogens with zero attached hydrogens (tertiary/aromatic N) is 1. The summed E-state index contributed by atoms with van der Waals surface area (Å²) in [5, 5.41) is 0. The van der Waals surface area contributed by atoms with Crippen LogP contribution in [0.4, 0.5) is 0 Å². The molecule has 3 N–H and O–H groups in total. The zero-order chi connectivity index (χ0) is 8.69. The van der Waals surface area contributed by atoms with Gasteiger partial charge >= 0.3 is 0 Å². The summed E-state index contributed by atoms with van der Waals surface area (Å²) in [4.78, 5) is 12.6. The number of rotatable bonds is 0. The van der Waals surface area contributed by atoms with Gasteiger partial charge in [0.2, 0.25) is 5.91 Å². The number of carbonyl (C=O) groups is 1. The molecule has 1 saturated heterocycles. The van der Waals surface area contributed by atoms with Crippen LogP contribution in [0.25, 0.3) is 0 Å². The Labute approximate surface area is 75.7 Å². The summed E-state index contributed by atoms with van der Waals surface area (Å²) in [5.74, 6) is 0.231. The van der Waals surface area contributed by atoms with Gasteiger partial charge in [-0.3, -0.25) is 4.79 Å². The van der Waals surface area contributed by atoms with E-state index in [1.54, 1.807) is 6.92 Å². The van der Waals surface area contributed by atoms with Crippen LogP contribution in [-0.4, -0.2) is 23.9 Å². The molecule has 1 aliphatic rings. The van der Waals surface area contributed by atoms with Gasteiger partial charge in [0.1, 0.15) is 0 Å². The first-order valence-electron chi connectivity index (χ1n) is 4.56. The lowest BCUT2D eigenvalue weighted by Crippen LogP contribution is -2.33. The lowest BCUT2D eigenvalue weighted by atomic mass is 10.1. The van der Waals surface area contributed by atoms with Gasteiger partial charge in [0.25, 0.3) is 0 Å². The zero-order valence-electron chi connectivity index (χ0n) is 8.60. The van der Waals surface area contributed by atoms with Crippen molar-refractivity contribution in [1.82, 2.24) is 11.1 Å². The maximum atomic E-state index is 10.7. The number of hydrogen-bond donors (Lipinski definition) is 1. The Morgan fingerprint density at radius 1 is 1.08 bits per heavy atom. The molecule has 0 unspecified atom stereocenters. The van der Waals surface area contributed by atoms with Crippen LogP contribution in [-0.2, 0) is 4.79 Å². The first-order valence-corrected chi connectivity index (χ1v) is 4.56. The highest BCUT2D eigenvalue weighted by molar-refractivity contribution is 5.73. The Morgan fingerprint density at radius 3 is 1.75 bits per heavy atom. The molecule has 0 spiro atoms. The molecule has 74 valence electrons. The summed E-state index contributed by atoms with van der Waals surface area (Å²) >= 11 is 0. The summed E-state index contributed by atoms with van der Waals surface area (Å²) < 4.78 is 0. The molecule has 1 fully saturated rings. The van der Waals surface area contributed by atoms with Crippen molar-refractivity contribution in [3.63, 3.8) is 0 Å². The number of amides is 1. The maximum absolute atomic E-state index is 10.7. The van der Waals surface area contributed by atoms with Crippen LogP contribution in [0.5, 0.6) is 0 Å². The predicted octanol–water partition coefficient (Wildman–Crippen LogP) is 2.21. The maximum Gasteiger partial charge on any atom is 0.219 e. The van der Waals surface area contributed by atoms with Gasteiger partial charge in [0.05, 0.1) is 0 Å². The molecule has 1 amide bonds. The smallest absolute Gasteiger partial charge is 0.219 e. The van der Waals surface area contributed by atoms with Gasteiger partial charge in [0, 0.05) is 20.0 Å². The SMILES string of the molecule is CC.CC(=O)N1CCCCC1.N. The Morgan fingerprint density at radius 2 is 1.50 bits per heavy atom. The standard InChI is InChI=1S/C7H13NO.C2H6.H3N/c1-7(9)8-5-3-2-4-6-8;1-2;/h2-6H2,1H3;1-2H3;1H3. The second-order valence-electron chi connectivity index (χ2n) is 2.57. The molecule has 1 aliphatic heterocycles. The number of piperidine rings is 1. The highest BCUT2D eigenvalue weighted by Crippen LogP contribution is 2.07. The zero-order valence-corrected chi connectivity index (χ0v) is 8.60. The molecular weight excluding hydrogens is 152 g/mol. The minimum Gasteiger partial charge on any atom is -0.344 e. The van der Waals surface area contributed by atoms with Crippen LogP contribution in [0.1, 0.15) is 40.0 Å². The molecule has 0 saturated carbocycles. The van der Waals surface area contributed by atoms with E-state index in [4.69, 9.17) is 0 Å². The van der Waals surface area contributed by atoms with E-state index >= 15 is 0 Å². The summed E-state index contributed by atoms with van der Waals surface area (Å²) in [6.07, 6.45) is 3.68. The van der Waals surface area contributed by atoms with Gasteiger partial charge in [-0.2, -0.15) is 0 Å². The predicted molar refractivity (Wildman–Crippen MR) is 52.5 cm³/mol. The summed E-state index contributed by atoms with van der Waals surface area (Å²) in [6.45, 7) is 7.61. The summed E-state index contributed by atoms with van der Waals surface area (Å²) in [5.41, 5.74) is 0. The van der Waals surface area contributed by atoms with E-state index < -0.39 is 0 Å². The van der Waals surface area contributed by atoms with E-state index in [1.165, 1.54) is 19.3 Å². The minimum absolute atomic E-state index is 0. The van der Waals surface area contributed by atoms with E-state index in [-0.39, 0.29) is 12.1 Å². The quantitative estimate of drug-likeness (QED) is 0.612. The molecule has 0 aliphatic carbocycles. The summed E-state index contributed by atoms with van der Waals surface area (Å²) in [6, 6.07) is 0. The van der Waals surface area contributed by atoms with Crippen LogP contribution in [0.3, 0.4) is 0 Å². The lowest BCUT2D eigenvalue weighted by Gasteiger charge is -2.24. The third-order valence-corrected chi connectivity index (χ3v) is 1.80. The fourth-order valence-electron chi connectivity index (χ4n) is 1.21. The molecule has 0 aromatic heterocycles. The van der Waals surface area contributed by atoms with E-state index in [0.717, 1.165) is 13.1 Å². The average molecular weight is 174 g/mol. The normalized spacial score (nSPS) is 15.4. The highest BCUT2D eigenvalue weighted by Gasteiger charge is 2.10. The van der Waals surface area contributed by atoms with Gasteiger partial charge in [-0.05, 0) is 19.3 Å². The van der Waals surface area contributed by atoms with Crippen molar-refractivity contribution < 1.29 is 4.79 Å². The van der Waals surface area contributed by atoms with Crippen LogP contribution in [0, 0.1) is 0 Å². The molecule has 3 heteroatoms. The largest absolute Gasteiger partial charge is 0.344 e. The average Bonchev–Trinajstić information content (AvgIpc) is 2.10. The monoisotopic (exact) mass is 174 g/mol. The molecule has 12 heavy (non-hydrogen) atoms. The third-order valence-electron chi connectivity index (χ3n) is 1.80. The Hall–Kier alpha value is -0.570. The second-order valence-corrected chi connectivity index (χ2v) is 2.57. The van der Waals surface area contributed by atoms with Crippen molar-refractivity contribution in [2.75, 3.05) is 13.1 Å². The van der Waals surface area contributed by atoms with E-state index in [9.17, 15) is 4.79 Å². The summed E-state index contributed by atoms with van der Waals surface area (Å²) in [7, 11) is 0. The van der Waals surface area contributed by atoms with Gasteiger partial charge in [-0.15, -0.1) is 0 Å². The first-order chi connectivity index (χ1) is 5.30. The fraction of sp³-hybridized carbons (Fsp3) is 0.889.